The predicted octanol–water partition coefficient (Wildman–Crippen LogP) is 2.72. The van der Waals surface area contributed by atoms with E-state index in [9.17, 15) is 4.79 Å². The number of rotatable bonds is 5. The van der Waals surface area contributed by atoms with E-state index in [-0.39, 0.29) is 17.1 Å². The van der Waals surface area contributed by atoms with Crippen LogP contribution in [0.2, 0.25) is 0 Å². The van der Waals surface area contributed by atoms with E-state index in [0.29, 0.717) is 19.1 Å². The molecule has 1 unspecified atom stereocenters. The van der Waals surface area contributed by atoms with Crippen LogP contribution in [0.15, 0.2) is 0 Å². The van der Waals surface area contributed by atoms with E-state index in [0.717, 1.165) is 25.5 Å². The van der Waals surface area contributed by atoms with Crippen LogP contribution >= 0.6 is 0 Å². The molecule has 1 aliphatic heterocycles. The van der Waals surface area contributed by atoms with Gasteiger partial charge < -0.3 is 14.3 Å². The fourth-order valence-electron chi connectivity index (χ4n) is 2.83. The van der Waals surface area contributed by atoms with E-state index in [4.69, 9.17) is 9.47 Å². The van der Waals surface area contributed by atoms with Gasteiger partial charge in [0.15, 0.2) is 0 Å². The first-order chi connectivity index (χ1) is 7.95. The molecule has 2 fully saturated rings. The zero-order chi connectivity index (χ0) is 12.5. The number of carbonyl (C=O) groups is 1. The van der Waals surface area contributed by atoms with Crippen molar-refractivity contribution in [1.82, 2.24) is 0 Å². The van der Waals surface area contributed by atoms with Crippen LogP contribution in [0.1, 0.15) is 52.9 Å². The molecule has 2 aliphatic rings. The van der Waals surface area contributed by atoms with Crippen molar-refractivity contribution in [2.45, 2.75) is 70.7 Å². The van der Waals surface area contributed by atoms with Crippen LogP contribution in [0, 0.1) is 5.41 Å². The Bertz CT molecular complexity index is 287. The Labute approximate surface area is 104 Å². The van der Waals surface area contributed by atoms with Crippen molar-refractivity contribution in [3.05, 3.63) is 0 Å². The van der Waals surface area contributed by atoms with Gasteiger partial charge in [-0.2, -0.15) is 0 Å². The third-order valence-corrected chi connectivity index (χ3v) is 4.25. The van der Waals surface area contributed by atoms with Crippen LogP contribution in [0.4, 0.5) is 0 Å². The van der Waals surface area contributed by atoms with Crippen molar-refractivity contribution in [2.75, 3.05) is 6.61 Å². The number of hydrogen-bond donors (Lipinski definition) is 0. The van der Waals surface area contributed by atoms with Gasteiger partial charge in [-0.25, -0.2) is 0 Å². The molecule has 0 bridgehead atoms. The normalized spacial score (nSPS) is 39.9. The second kappa shape index (κ2) is 4.69. The standard InChI is InChI=1S/C14H24O3/c1-13(2)12(17-13)10-16-11-5-4-6-14(3,9-11)7-8-15/h8,11-12H,4-7,9-10H2,1-3H3/t11-,12?,14+/m1/s1. The molecule has 1 saturated carbocycles. The molecule has 3 atom stereocenters. The monoisotopic (exact) mass is 240 g/mol. The van der Waals surface area contributed by atoms with Gasteiger partial charge in [-0.05, 0) is 38.5 Å². The summed E-state index contributed by atoms with van der Waals surface area (Å²) in [5.41, 5.74) is 0.172. The molecule has 2 rings (SSSR count). The molecule has 0 aromatic rings. The molecule has 0 amide bonds. The highest BCUT2D eigenvalue weighted by Crippen LogP contribution is 2.41. The number of ether oxygens (including phenoxy) is 2. The summed E-state index contributed by atoms with van der Waals surface area (Å²) in [7, 11) is 0. The fraction of sp³-hybridized carbons (Fsp3) is 0.929. The van der Waals surface area contributed by atoms with Gasteiger partial charge in [-0.1, -0.05) is 13.3 Å². The summed E-state index contributed by atoms with van der Waals surface area (Å²) in [6.07, 6.45) is 6.75. The van der Waals surface area contributed by atoms with E-state index in [1.165, 1.54) is 6.42 Å². The van der Waals surface area contributed by atoms with Crippen LogP contribution in [0.5, 0.6) is 0 Å². The Morgan fingerprint density at radius 2 is 2.12 bits per heavy atom. The van der Waals surface area contributed by atoms with E-state index < -0.39 is 0 Å². The Hall–Kier alpha value is -0.410. The molecule has 1 heterocycles. The first-order valence-corrected chi connectivity index (χ1v) is 6.68. The second-order valence-electron chi connectivity index (χ2n) is 6.44. The minimum atomic E-state index is 0.0146. The minimum Gasteiger partial charge on any atom is -0.375 e. The fourth-order valence-corrected chi connectivity index (χ4v) is 2.83. The molecule has 3 heteroatoms. The van der Waals surface area contributed by atoms with Gasteiger partial charge >= 0.3 is 0 Å². The molecule has 0 aromatic carbocycles. The maximum atomic E-state index is 10.7. The summed E-state index contributed by atoms with van der Waals surface area (Å²) in [6, 6.07) is 0. The number of epoxide rings is 1. The average Bonchev–Trinajstić information content (AvgIpc) is 2.84. The van der Waals surface area contributed by atoms with Crippen molar-refractivity contribution in [3.63, 3.8) is 0 Å². The van der Waals surface area contributed by atoms with Crippen molar-refractivity contribution in [3.8, 4) is 0 Å². The Kier molecular flexibility index (Phi) is 3.60. The summed E-state index contributed by atoms with van der Waals surface area (Å²) in [4.78, 5) is 10.7. The Balaban J connectivity index is 1.76. The molecule has 0 N–H and O–H groups in total. The molecular weight excluding hydrogens is 216 g/mol. The summed E-state index contributed by atoms with van der Waals surface area (Å²) in [5.74, 6) is 0. The average molecular weight is 240 g/mol. The highest BCUT2D eigenvalue weighted by Gasteiger charge is 2.48. The maximum Gasteiger partial charge on any atom is 0.120 e. The topological polar surface area (TPSA) is 38.8 Å². The molecule has 1 saturated heterocycles. The van der Waals surface area contributed by atoms with E-state index >= 15 is 0 Å². The molecule has 98 valence electrons. The van der Waals surface area contributed by atoms with Gasteiger partial charge in [0, 0.05) is 6.42 Å². The van der Waals surface area contributed by atoms with Gasteiger partial charge in [0.1, 0.15) is 12.4 Å². The van der Waals surface area contributed by atoms with Gasteiger partial charge in [-0.3, -0.25) is 0 Å². The van der Waals surface area contributed by atoms with Crippen molar-refractivity contribution in [1.29, 1.82) is 0 Å². The van der Waals surface area contributed by atoms with Gasteiger partial charge in [0.2, 0.25) is 0 Å². The second-order valence-corrected chi connectivity index (χ2v) is 6.44. The van der Waals surface area contributed by atoms with Crippen LogP contribution < -0.4 is 0 Å². The third-order valence-electron chi connectivity index (χ3n) is 4.25. The lowest BCUT2D eigenvalue weighted by Gasteiger charge is -2.36. The van der Waals surface area contributed by atoms with Crippen LogP contribution in [0.3, 0.4) is 0 Å². The Morgan fingerprint density at radius 3 is 2.71 bits per heavy atom. The lowest BCUT2D eigenvalue weighted by Crippen LogP contribution is -2.32. The molecule has 17 heavy (non-hydrogen) atoms. The number of aldehydes is 1. The quantitative estimate of drug-likeness (QED) is 0.548. The largest absolute Gasteiger partial charge is 0.375 e. The van der Waals surface area contributed by atoms with E-state index in [2.05, 4.69) is 20.8 Å². The predicted molar refractivity (Wildman–Crippen MR) is 65.9 cm³/mol. The molecule has 0 spiro atoms. The van der Waals surface area contributed by atoms with Gasteiger partial charge in [0.25, 0.3) is 0 Å². The zero-order valence-electron chi connectivity index (χ0n) is 11.2. The van der Waals surface area contributed by atoms with Gasteiger partial charge in [0.05, 0.1) is 18.3 Å². The summed E-state index contributed by atoms with van der Waals surface area (Å²) in [5, 5.41) is 0. The van der Waals surface area contributed by atoms with Crippen molar-refractivity contribution < 1.29 is 14.3 Å². The molecule has 0 radical (unpaired) electrons. The molecule has 0 aromatic heterocycles. The molecule has 1 aliphatic carbocycles. The van der Waals surface area contributed by atoms with Crippen molar-refractivity contribution >= 4 is 6.29 Å². The smallest absolute Gasteiger partial charge is 0.120 e. The number of carbonyl (C=O) groups excluding carboxylic acids is 1. The van der Waals surface area contributed by atoms with Crippen LogP contribution in [-0.4, -0.2) is 30.7 Å². The lowest BCUT2D eigenvalue weighted by atomic mass is 9.72. The molecule has 3 nitrogen and oxygen atoms in total. The summed E-state index contributed by atoms with van der Waals surface area (Å²) >= 11 is 0. The Morgan fingerprint density at radius 1 is 1.41 bits per heavy atom. The third kappa shape index (κ3) is 3.29. The SMILES string of the molecule is CC1(C)OC1CO[C@@H]1CCC[C@@](C)(CC=O)C1. The van der Waals surface area contributed by atoms with Crippen LogP contribution in [0.25, 0.3) is 0 Å². The highest BCUT2D eigenvalue weighted by molar-refractivity contribution is 5.50. The van der Waals surface area contributed by atoms with Crippen molar-refractivity contribution in [2.24, 2.45) is 5.41 Å². The highest BCUT2D eigenvalue weighted by atomic mass is 16.6. The van der Waals surface area contributed by atoms with Crippen LogP contribution in [-0.2, 0) is 14.3 Å². The first kappa shape index (κ1) is 13.0. The minimum absolute atomic E-state index is 0.0146. The van der Waals surface area contributed by atoms with Gasteiger partial charge in [-0.15, -0.1) is 0 Å². The lowest BCUT2D eigenvalue weighted by molar-refractivity contribution is -0.111. The summed E-state index contributed by atoms with van der Waals surface area (Å²) < 4.78 is 11.5. The first-order valence-electron chi connectivity index (χ1n) is 6.68. The van der Waals surface area contributed by atoms with E-state index in [1.54, 1.807) is 0 Å². The molecular formula is C14H24O3. The maximum absolute atomic E-state index is 10.7. The van der Waals surface area contributed by atoms with E-state index in [1.807, 2.05) is 0 Å². The number of hydrogen-bond acceptors (Lipinski definition) is 3. The summed E-state index contributed by atoms with van der Waals surface area (Å²) in [6.45, 7) is 7.10. The zero-order valence-corrected chi connectivity index (χ0v) is 11.2.